The minimum Gasteiger partial charge on any atom is -0.343 e. The third kappa shape index (κ3) is 7.12. The van der Waals surface area contributed by atoms with E-state index in [1.54, 1.807) is 0 Å². The first-order valence-electron chi connectivity index (χ1n) is 18.1. The molecule has 0 radical (unpaired) electrons. The van der Waals surface area contributed by atoms with E-state index in [-0.39, 0.29) is 13.1 Å². The van der Waals surface area contributed by atoms with E-state index in [0.717, 1.165) is 87.9 Å². The van der Waals surface area contributed by atoms with Gasteiger partial charge in [0, 0.05) is 46.1 Å². The van der Waals surface area contributed by atoms with Crippen LogP contribution in [0.2, 0.25) is 0 Å². The molecular weight excluding hydrogens is 728 g/mol. The minimum absolute atomic E-state index is 0.101. The van der Waals surface area contributed by atoms with Crippen LogP contribution in [-0.4, -0.2) is 60.8 Å². The SMILES string of the molecule is CC1(C)C(/C=C/C2=C(Cl)C(=C/C=C3/N(CCS(=O)(=O)O)c4ccc5c(c4C3(C)C)C=CCC5)/CCC2)=[N+](CCS(=O)(=O)O)c2ccc3ccccc3c21. The van der Waals surface area contributed by atoms with Crippen LogP contribution >= 0.6 is 11.6 Å². The second kappa shape index (κ2) is 13.8. The Kier molecular flexibility index (Phi) is 9.77. The summed E-state index contributed by atoms with van der Waals surface area (Å²) in [6, 6.07) is 16.5. The summed E-state index contributed by atoms with van der Waals surface area (Å²) in [5.41, 5.74) is 9.48. The summed E-state index contributed by atoms with van der Waals surface area (Å²) in [6.45, 7) is 8.82. The maximum Gasteiger partial charge on any atom is 0.271 e. The third-order valence-electron chi connectivity index (χ3n) is 11.3. The van der Waals surface area contributed by atoms with Crippen molar-refractivity contribution in [1.29, 1.82) is 0 Å². The molecule has 4 aliphatic rings. The Labute approximate surface area is 318 Å². The van der Waals surface area contributed by atoms with Crippen LogP contribution in [-0.2, 0) is 37.5 Å². The van der Waals surface area contributed by atoms with Gasteiger partial charge >= 0.3 is 0 Å². The van der Waals surface area contributed by atoms with Crippen molar-refractivity contribution in [3.05, 3.63) is 123 Å². The third-order valence-corrected chi connectivity index (χ3v) is 13.1. The molecule has 2 N–H and O–H groups in total. The first-order chi connectivity index (χ1) is 25.0. The number of benzene rings is 3. The molecule has 0 saturated heterocycles. The molecule has 0 spiro atoms. The monoisotopic (exact) mass is 773 g/mol. The van der Waals surface area contributed by atoms with E-state index in [1.165, 1.54) is 11.1 Å². The highest BCUT2D eigenvalue weighted by Gasteiger charge is 2.46. The van der Waals surface area contributed by atoms with Gasteiger partial charge in [-0.15, -0.1) is 0 Å². The van der Waals surface area contributed by atoms with Gasteiger partial charge in [0.2, 0.25) is 5.69 Å². The van der Waals surface area contributed by atoms with Crippen LogP contribution in [0, 0.1) is 0 Å². The Balaban J connectivity index is 1.27. The molecule has 8 nitrogen and oxygen atoms in total. The molecule has 7 rings (SSSR count). The van der Waals surface area contributed by atoms with Crippen molar-refractivity contribution in [2.75, 3.05) is 29.5 Å². The second-order valence-electron chi connectivity index (χ2n) is 15.4. The summed E-state index contributed by atoms with van der Waals surface area (Å²) in [5.74, 6) is -0.798. The lowest BCUT2D eigenvalue weighted by molar-refractivity contribution is -0.432. The van der Waals surface area contributed by atoms with Crippen LogP contribution in [0.25, 0.3) is 16.8 Å². The highest BCUT2D eigenvalue weighted by Crippen LogP contribution is 2.51. The van der Waals surface area contributed by atoms with Gasteiger partial charge in [0.05, 0.1) is 11.2 Å². The first kappa shape index (κ1) is 37.5. The van der Waals surface area contributed by atoms with Crippen LogP contribution in [0.3, 0.4) is 0 Å². The molecule has 2 aliphatic heterocycles. The number of hydrogen-bond donors (Lipinski definition) is 2. The standard InChI is InChI=1S/C42H45ClN2O6S2/c1-41(2)36(44(24-26-52(46,47)48)34-20-16-28-10-5-7-14-32(28)38(34)41)22-18-30-12-9-13-31(40(30)43)19-23-37-42(3,4)39-33-15-8-6-11-29(33)17-21-35(39)45(37)25-27-53(49,50)51/h5,7-8,10,14-23H,6,9,11-13,24-27H2,1-4H3,(H-,46,47,48,49,50,51)/p+1. The smallest absolute Gasteiger partial charge is 0.271 e. The largest absolute Gasteiger partial charge is 0.343 e. The van der Waals surface area contributed by atoms with Crippen LogP contribution in [0.15, 0.2) is 101 Å². The quantitative estimate of drug-likeness (QED) is 0.165. The summed E-state index contributed by atoms with van der Waals surface area (Å²) >= 11 is 7.19. The highest BCUT2D eigenvalue weighted by atomic mass is 35.5. The molecule has 0 bridgehead atoms. The van der Waals surface area contributed by atoms with E-state index in [0.29, 0.717) is 5.03 Å². The normalized spacial score (nSPS) is 21.0. The molecule has 3 aromatic carbocycles. The van der Waals surface area contributed by atoms with Crippen molar-refractivity contribution in [1.82, 2.24) is 0 Å². The topological polar surface area (TPSA) is 115 Å². The predicted molar refractivity (Wildman–Crippen MR) is 216 cm³/mol. The van der Waals surface area contributed by atoms with Crippen molar-refractivity contribution in [3.8, 4) is 0 Å². The predicted octanol–water partition coefficient (Wildman–Crippen LogP) is 8.79. The summed E-state index contributed by atoms with van der Waals surface area (Å²) in [7, 11) is -8.39. The Bertz CT molecular complexity index is 2450. The lowest BCUT2D eigenvalue weighted by Gasteiger charge is -2.27. The molecule has 53 heavy (non-hydrogen) atoms. The van der Waals surface area contributed by atoms with Gasteiger partial charge in [-0.1, -0.05) is 80.1 Å². The average Bonchev–Trinajstić information content (AvgIpc) is 3.46. The number of hydrogen-bond acceptors (Lipinski definition) is 5. The van der Waals surface area contributed by atoms with E-state index in [2.05, 4.69) is 70.2 Å². The number of halogens is 1. The minimum atomic E-state index is -4.20. The molecular formula is C42H46ClN2O6S2+. The van der Waals surface area contributed by atoms with Crippen LogP contribution in [0.5, 0.6) is 0 Å². The molecule has 278 valence electrons. The van der Waals surface area contributed by atoms with Crippen LogP contribution in [0.1, 0.15) is 75.6 Å². The number of nitrogens with zero attached hydrogens (tertiary/aromatic N) is 2. The summed E-state index contributed by atoms with van der Waals surface area (Å²) < 4.78 is 69.1. The first-order valence-corrected chi connectivity index (χ1v) is 21.7. The molecule has 0 aromatic heterocycles. The van der Waals surface area contributed by atoms with Crippen LogP contribution in [0.4, 0.5) is 11.4 Å². The van der Waals surface area contributed by atoms with Gasteiger partial charge in [0.25, 0.3) is 20.2 Å². The van der Waals surface area contributed by atoms with E-state index in [4.69, 9.17) is 11.6 Å². The van der Waals surface area contributed by atoms with Gasteiger partial charge in [0.15, 0.2) is 12.3 Å². The molecule has 0 saturated carbocycles. The van der Waals surface area contributed by atoms with E-state index >= 15 is 0 Å². The fourth-order valence-electron chi connectivity index (χ4n) is 8.77. The number of fused-ring (bicyclic) bond motifs is 6. The number of allylic oxidation sites excluding steroid dienone is 9. The van der Waals surface area contributed by atoms with Crippen molar-refractivity contribution >= 4 is 65.8 Å². The molecule has 0 fully saturated rings. The van der Waals surface area contributed by atoms with Gasteiger partial charge in [-0.3, -0.25) is 9.11 Å². The molecule has 0 atom stereocenters. The second-order valence-corrected chi connectivity index (χ2v) is 19.0. The van der Waals surface area contributed by atoms with Crippen LogP contribution < -0.4 is 4.90 Å². The Morgan fingerprint density at radius 2 is 1.60 bits per heavy atom. The highest BCUT2D eigenvalue weighted by molar-refractivity contribution is 7.86. The average molecular weight is 774 g/mol. The molecule has 0 amide bonds. The van der Waals surface area contributed by atoms with Crippen molar-refractivity contribution in [3.63, 3.8) is 0 Å². The van der Waals surface area contributed by atoms with E-state index < -0.39 is 42.6 Å². The Morgan fingerprint density at radius 1 is 0.849 bits per heavy atom. The van der Waals surface area contributed by atoms with Crippen molar-refractivity contribution in [2.24, 2.45) is 0 Å². The van der Waals surface area contributed by atoms with Gasteiger partial charge in [-0.25, -0.2) is 0 Å². The van der Waals surface area contributed by atoms with Crippen molar-refractivity contribution in [2.45, 2.75) is 70.6 Å². The molecule has 3 aromatic rings. The van der Waals surface area contributed by atoms with Crippen molar-refractivity contribution < 1.29 is 30.5 Å². The fraction of sp³-hybridized carbons (Fsp3) is 0.357. The number of anilines is 1. The van der Waals surface area contributed by atoms with Gasteiger partial charge < -0.3 is 4.90 Å². The maximum absolute atomic E-state index is 11.9. The summed E-state index contributed by atoms with van der Waals surface area (Å²) in [4.78, 5) is 2.02. The molecule has 0 unspecified atom stereocenters. The van der Waals surface area contributed by atoms with Gasteiger partial charge in [-0.05, 0) is 103 Å². The van der Waals surface area contributed by atoms with Gasteiger partial charge in [0.1, 0.15) is 5.75 Å². The molecule has 2 aliphatic carbocycles. The fourth-order valence-corrected chi connectivity index (χ4v) is 9.91. The zero-order chi connectivity index (χ0) is 37.9. The molecule has 2 heterocycles. The van der Waals surface area contributed by atoms with Gasteiger partial charge in [-0.2, -0.15) is 21.4 Å². The maximum atomic E-state index is 11.9. The lowest BCUT2D eigenvalue weighted by Crippen LogP contribution is -2.30. The summed E-state index contributed by atoms with van der Waals surface area (Å²) in [5, 5.41) is 2.86. The number of rotatable bonds is 9. The zero-order valence-corrected chi connectivity index (χ0v) is 33.0. The molecule has 11 heteroatoms. The Hall–Kier alpha value is -3.80. The zero-order valence-electron chi connectivity index (χ0n) is 30.6. The van der Waals surface area contributed by atoms with E-state index in [1.807, 2.05) is 52.0 Å². The lowest BCUT2D eigenvalue weighted by atomic mass is 9.78. The van der Waals surface area contributed by atoms with E-state index in [9.17, 15) is 25.9 Å². The number of aryl methyl sites for hydroxylation is 1. The summed E-state index contributed by atoms with van der Waals surface area (Å²) in [6.07, 6.45) is 16.9. The Morgan fingerprint density at radius 3 is 2.36 bits per heavy atom.